The van der Waals surface area contributed by atoms with Crippen LogP contribution < -0.4 is 10.0 Å². The maximum atomic E-state index is 12.7. The molecule has 0 radical (unpaired) electrons. The number of rotatable bonds is 7. The van der Waals surface area contributed by atoms with E-state index in [-0.39, 0.29) is 21.9 Å². The highest BCUT2D eigenvalue weighted by Crippen LogP contribution is 2.25. The molecule has 1 heterocycles. The van der Waals surface area contributed by atoms with Gasteiger partial charge in [-0.25, -0.2) is 13.1 Å². The topological polar surface area (TPSA) is 102 Å². The Bertz CT molecular complexity index is 897. The van der Waals surface area contributed by atoms with Gasteiger partial charge >= 0.3 is 5.97 Å². The van der Waals surface area contributed by atoms with Gasteiger partial charge in [-0.15, -0.1) is 11.3 Å². The van der Waals surface area contributed by atoms with Crippen LogP contribution in [0.25, 0.3) is 0 Å². The second-order valence-electron chi connectivity index (χ2n) is 5.17. The Labute approximate surface area is 160 Å². The fourth-order valence-electron chi connectivity index (χ4n) is 2.16. The Kier molecular flexibility index (Phi) is 6.76. The van der Waals surface area contributed by atoms with Crippen molar-refractivity contribution >= 4 is 44.8 Å². The average molecular weight is 417 g/mol. The summed E-state index contributed by atoms with van der Waals surface area (Å²) in [6.45, 7) is 0. The van der Waals surface area contributed by atoms with Gasteiger partial charge in [-0.3, -0.25) is 9.59 Å². The molecule has 0 aliphatic rings. The average Bonchev–Trinajstić information content (AvgIpc) is 3.15. The number of methoxy groups -OCH3 is 1. The lowest BCUT2D eigenvalue weighted by Gasteiger charge is -2.17. The maximum absolute atomic E-state index is 12.7. The van der Waals surface area contributed by atoms with Crippen molar-refractivity contribution in [3.05, 3.63) is 51.2 Å². The number of sulfonamides is 1. The van der Waals surface area contributed by atoms with E-state index in [4.69, 9.17) is 11.6 Å². The molecule has 26 heavy (non-hydrogen) atoms. The van der Waals surface area contributed by atoms with Crippen LogP contribution >= 0.6 is 22.9 Å². The van der Waals surface area contributed by atoms with Gasteiger partial charge in [-0.2, -0.15) is 0 Å². The number of halogens is 1. The van der Waals surface area contributed by atoms with Crippen molar-refractivity contribution in [2.24, 2.45) is 0 Å². The number of hydrogen-bond acceptors (Lipinski definition) is 6. The van der Waals surface area contributed by atoms with Crippen molar-refractivity contribution in [2.75, 3.05) is 14.2 Å². The fourth-order valence-corrected chi connectivity index (χ4v) is 3.90. The Balaban J connectivity index is 2.32. The van der Waals surface area contributed by atoms with Crippen molar-refractivity contribution in [1.82, 2.24) is 10.0 Å². The van der Waals surface area contributed by atoms with Gasteiger partial charge in [0, 0.05) is 4.88 Å². The van der Waals surface area contributed by atoms with E-state index in [9.17, 15) is 18.0 Å². The first-order valence-electron chi connectivity index (χ1n) is 7.42. The first kappa shape index (κ1) is 20.4. The number of carbonyl (C=O) groups is 2. The molecular formula is C16H17ClN2O5S2. The molecule has 1 aromatic heterocycles. The zero-order chi connectivity index (χ0) is 19.3. The highest BCUT2D eigenvalue weighted by molar-refractivity contribution is 7.89. The summed E-state index contributed by atoms with van der Waals surface area (Å²) in [5, 5.41) is 4.63. The number of carbonyl (C=O) groups excluding carboxylic acids is 2. The van der Waals surface area contributed by atoms with E-state index in [1.807, 2.05) is 5.38 Å². The van der Waals surface area contributed by atoms with E-state index in [0.29, 0.717) is 0 Å². The van der Waals surface area contributed by atoms with Gasteiger partial charge < -0.3 is 10.1 Å². The molecule has 2 aromatic rings. The molecular weight excluding hydrogens is 400 g/mol. The lowest BCUT2D eigenvalue weighted by atomic mass is 10.1. The second kappa shape index (κ2) is 8.63. The number of esters is 1. The standard InChI is InChI=1S/C16H17ClN2O5S2/c1-18-26(22,23)10-5-6-12(17)11(8-10)16(21)19-13(9-15(20)24-2)14-4-3-7-25-14/h3-8,13,18H,9H2,1-2H3,(H,19,21). The molecule has 0 saturated heterocycles. The summed E-state index contributed by atoms with van der Waals surface area (Å²) in [4.78, 5) is 25.0. The summed E-state index contributed by atoms with van der Waals surface area (Å²) >= 11 is 7.44. The summed E-state index contributed by atoms with van der Waals surface area (Å²) in [5.74, 6) is -1.08. The monoisotopic (exact) mass is 416 g/mol. The first-order valence-corrected chi connectivity index (χ1v) is 10.2. The van der Waals surface area contributed by atoms with Crippen LogP contribution in [0.3, 0.4) is 0 Å². The van der Waals surface area contributed by atoms with Crippen LogP contribution in [0, 0.1) is 0 Å². The molecule has 0 fully saturated rings. The zero-order valence-corrected chi connectivity index (χ0v) is 16.4. The fraction of sp³-hybridized carbons (Fsp3) is 0.250. The number of ether oxygens (including phenoxy) is 1. The van der Waals surface area contributed by atoms with Crippen molar-refractivity contribution in [1.29, 1.82) is 0 Å². The van der Waals surface area contributed by atoms with Crippen molar-refractivity contribution in [3.63, 3.8) is 0 Å². The van der Waals surface area contributed by atoms with Crippen LogP contribution in [0.5, 0.6) is 0 Å². The summed E-state index contributed by atoms with van der Waals surface area (Å²) in [7, 11) is -1.19. The molecule has 140 valence electrons. The van der Waals surface area contributed by atoms with Gasteiger partial charge in [0.05, 0.1) is 35.1 Å². The number of nitrogens with one attached hydrogen (secondary N) is 2. The van der Waals surface area contributed by atoms with Crippen LogP contribution in [0.2, 0.25) is 5.02 Å². The van der Waals surface area contributed by atoms with Crippen LogP contribution in [0.4, 0.5) is 0 Å². The molecule has 0 bridgehead atoms. The van der Waals surface area contributed by atoms with Crippen LogP contribution in [-0.2, 0) is 19.6 Å². The van der Waals surface area contributed by atoms with Gasteiger partial charge in [-0.1, -0.05) is 17.7 Å². The van der Waals surface area contributed by atoms with Gasteiger partial charge in [0.1, 0.15) is 0 Å². The Morgan fingerprint density at radius 3 is 2.62 bits per heavy atom. The van der Waals surface area contributed by atoms with Crippen LogP contribution in [0.1, 0.15) is 27.7 Å². The summed E-state index contributed by atoms with van der Waals surface area (Å²) in [6, 6.07) is 6.78. The highest BCUT2D eigenvalue weighted by atomic mass is 35.5. The zero-order valence-electron chi connectivity index (χ0n) is 14.0. The molecule has 2 N–H and O–H groups in total. The molecule has 0 aliphatic heterocycles. The predicted molar refractivity (Wildman–Crippen MR) is 98.9 cm³/mol. The molecule has 10 heteroatoms. The minimum absolute atomic E-state index is 0.00517. The molecule has 1 unspecified atom stereocenters. The third kappa shape index (κ3) is 4.82. The number of amides is 1. The molecule has 2 rings (SSSR count). The lowest BCUT2D eigenvalue weighted by molar-refractivity contribution is -0.141. The normalized spacial score (nSPS) is 12.4. The quantitative estimate of drug-likeness (QED) is 0.674. The second-order valence-corrected chi connectivity index (χ2v) is 8.44. The smallest absolute Gasteiger partial charge is 0.307 e. The predicted octanol–water partition coefficient (Wildman–Crippen LogP) is 2.34. The minimum atomic E-state index is -3.73. The van der Waals surface area contributed by atoms with E-state index in [1.54, 1.807) is 12.1 Å². The molecule has 7 nitrogen and oxygen atoms in total. The Morgan fingerprint density at radius 1 is 1.31 bits per heavy atom. The molecule has 0 aliphatic carbocycles. The van der Waals surface area contributed by atoms with Crippen molar-refractivity contribution < 1.29 is 22.7 Å². The van der Waals surface area contributed by atoms with Crippen molar-refractivity contribution in [2.45, 2.75) is 17.4 Å². The van der Waals surface area contributed by atoms with Crippen LogP contribution in [-0.4, -0.2) is 34.5 Å². The van der Waals surface area contributed by atoms with Gasteiger partial charge in [-0.05, 0) is 36.7 Å². The summed E-state index contributed by atoms with van der Waals surface area (Å²) in [6.07, 6.45) is -0.0606. The maximum Gasteiger partial charge on any atom is 0.307 e. The number of thiophene rings is 1. The summed E-state index contributed by atoms with van der Waals surface area (Å²) < 4.78 is 30.7. The van der Waals surface area contributed by atoms with E-state index in [1.165, 1.54) is 43.7 Å². The van der Waals surface area contributed by atoms with Gasteiger partial charge in [0.25, 0.3) is 5.91 Å². The van der Waals surface area contributed by atoms with E-state index >= 15 is 0 Å². The lowest BCUT2D eigenvalue weighted by Crippen LogP contribution is -2.30. The molecule has 1 aromatic carbocycles. The van der Waals surface area contributed by atoms with Gasteiger partial charge in [0.2, 0.25) is 10.0 Å². The first-order chi connectivity index (χ1) is 12.3. The largest absolute Gasteiger partial charge is 0.469 e. The van der Waals surface area contributed by atoms with E-state index in [2.05, 4.69) is 14.8 Å². The Hall–Kier alpha value is -1.94. The van der Waals surface area contributed by atoms with Gasteiger partial charge in [0.15, 0.2) is 0 Å². The highest BCUT2D eigenvalue weighted by Gasteiger charge is 2.23. The number of hydrogen-bond donors (Lipinski definition) is 2. The SMILES string of the molecule is CNS(=O)(=O)c1ccc(Cl)c(C(=O)NC(CC(=O)OC)c2cccs2)c1. The molecule has 1 atom stereocenters. The molecule has 0 spiro atoms. The minimum Gasteiger partial charge on any atom is -0.469 e. The number of benzene rings is 1. The van der Waals surface area contributed by atoms with Crippen molar-refractivity contribution in [3.8, 4) is 0 Å². The Morgan fingerprint density at radius 2 is 2.04 bits per heavy atom. The third-order valence-corrected chi connectivity index (χ3v) is 6.28. The van der Waals surface area contributed by atoms with E-state index < -0.39 is 27.9 Å². The van der Waals surface area contributed by atoms with Crippen LogP contribution in [0.15, 0.2) is 40.6 Å². The van der Waals surface area contributed by atoms with E-state index in [0.717, 1.165) is 4.88 Å². The molecule has 1 amide bonds. The summed E-state index contributed by atoms with van der Waals surface area (Å²) in [5.41, 5.74) is -0.00517. The third-order valence-electron chi connectivity index (χ3n) is 3.55. The molecule has 0 saturated carbocycles.